The maximum absolute atomic E-state index is 11.9. The second kappa shape index (κ2) is 6.18. The Labute approximate surface area is 117 Å². The molecule has 2 aromatic heterocycles. The van der Waals surface area contributed by atoms with E-state index in [4.69, 9.17) is 4.74 Å². The summed E-state index contributed by atoms with van der Waals surface area (Å²) in [5.74, 6) is 0.660. The van der Waals surface area contributed by atoms with Gasteiger partial charge < -0.3 is 10.1 Å². The number of pyridine rings is 1. The fourth-order valence-corrected chi connectivity index (χ4v) is 1.66. The highest BCUT2D eigenvalue weighted by Gasteiger charge is 2.11. The molecule has 2 aromatic rings. The molecule has 20 heavy (non-hydrogen) atoms. The van der Waals surface area contributed by atoms with Gasteiger partial charge in [-0.1, -0.05) is 19.9 Å². The van der Waals surface area contributed by atoms with Crippen LogP contribution in [0.2, 0.25) is 0 Å². The van der Waals surface area contributed by atoms with E-state index in [-0.39, 0.29) is 5.91 Å². The molecule has 1 amide bonds. The molecule has 0 fully saturated rings. The van der Waals surface area contributed by atoms with Gasteiger partial charge in [0, 0.05) is 24.5 Å². The van der Waals surface area contributed by atoms with E-state index >= 15 is 0 Å². The number of carbonyl (C=O) groups excluding carboxylic acids is 1. The van der Waals surface area contributed by atoms with Gasteiger partial charge in [-0.2, -0.15) is 5.10 Å². The Morgan fingerprint density at radius 1 is 1.45 bits per heavy atom. The Morgan fingerprint density at radius 3 is 2.80 bits per heavy atom. The molecule has 0 saturated carbocycles. The number of ether oxygens (including phenoxy) is 1. The molecule has 2 N–H and O–H groups in total. The zero-order valence-corrected chi connectivity index (χ0v) is 11.8. The number of amides is 1. The standard InChI is InChI=1S/C14H18N4O2/c1-9(2)11-6-12(18-17-11)14(19)16-8-10-4-5-13(20-3)15-7-10/h4-7,9H,8H2,1-3H3,(H,16,19)(H,17,18). The quantitative estimate of drug-likeness (QED) is 0.872. The van der Waals surface area contributed by atoms with Gasteiger partial charge in [-0.3, -0.25) is 9.89 Å². The van der Waals surface area contributed by atoms with E-state index in [9.17, 15) is 4.79 Å². The molecule has 0 spiro atoms. The Kier molecular flexibility index (Phi) is 4.34. The van der Waals surface area contributed by atoms with Crippen molar-refractivity contribution in [1.82, 2.24) is 20.5 Å². The molecule has 0 aliphatic carbocycles. The second-order valence-electron chi connectivity index (χ2n) is 4.75. The lowest BCUT2D eigenvalue weighted by atomic mass is 10.1. The summed E-state index contributed by atoms with van der Waals surface area (Å²) < 4.78 is 4.98. The molecule has 2 rings (SSSR count). The number of H-pyrrole nitrogens is 1. The molecule has 0 atom stereocenters. The lowest BCUT2D eigenvalue weighted by molar-refractivity contribution is 0.0946. The Morgan fingerprint density at radius 2 is 2.25 bits per heavy atom. The van der Waals surface area contributed by atoms with Crippen molar-refractivity contribution in [1.29, 1.82) is 0 Å². The van der Waals surface area contributed by atoms with Crippen molar-refractivity contribution in [3.8, 4) is 5.88 Å². The summed E-state index contributed by atoms with van der Waals surface area (Å²) >= 11 is 0. The Hall–Kier alpha value is -2.37. The monoisotopic (exact) mass is 274 g/mol. The fourth-order valence-electron chi connectivity index (χ4n) is 1.66. The van der Waals surface area contributed by atoms with Crippen LogP contribution in [0.3, 0.4) is 0 Å². The molecule has 0 unspecified atom stereocenters. The number of nitrogens with zero attached hydrogens (tertiary/aromatic N) is 2. The third kappa shape index (κ3) is 3.34. The maximum Gasteiger partial charge on any atom is 0.272 e. The van der Waals surface area contributed by atoms with E-state index in [1.165, 1.54) is 0 Å². The van der Waals surface area contributed by atoms with Crippen molar-refractivity contribution in [3.63, 3.8) is 0 Å². The maximum atomic E-state index is 11.9. The molecule has 0 aliphatic rings. The average molecular weight is 274 g/mol. The van der Waals surface area contributed by atoms with Crippen LogP contribution in [-0.2, 0) is 6.54 Å². The molecule has 0 saturated heterocycles. The molecule has 6 heteroatoms. The third-order valence-corrected chi connectivity index (χ3v) is 2.91. The first kappa shape index (κ1) is 14.0. The molecule has 0 radical (unpaired) electrons. The Balaban J connectivity index is 1.93. The van der Waals surface area contributed by atoms with E-state index in [2.05, 4.69) is 20.5 Å². The van der Waals surface area contributed by atoms with Gasteiger partial charge in [-0.25, -0.2) is 4.98 Å². The normalized spacial score (nSPS) is 10.6. The van der Waals surface area contributed by atoms with Crippen LogP contribution >= 0.6 is 0 Å². The summed E-state index contributed by atoms with van der Waals surface area (Å²) in [5.41, 5.74) is 2.25. The van der Waals surface area contributed by atoms with Crippen LogP contribution in [0.5, 0.6) is 5.88 Å². The van der Waals surface area contributed by atoms with Crippen molar-refractivity contribution in [2.45, 2.75) is 26.3 Å². The predicted octanol–water partition coefficient (Wildman–Crippen LogP) is 1.87. The summed E-state index contributed by atoms with van der Waals surface area (Å²) in [6.07, 6.45) is 1.67. The van der Waals surface area contributed by atoms with Gasteiger partial charge in [0.2, 0.25) is 5.88 Å². The summed E-state index contributed by atoms with van der Waals surface area (Å²) in [6, 6.07) is 5.38. The minimum atomic E-state index is -0.205. The highest BCUT2D eigenvalue weighted by atomic mass is 16.5. The largest absolute Gasteiger partial charge is 0.481 e. The van der Waals surface area contributed by atoms with E-state index in [0.717, 1.165) is 11.3 Å². The van der Waals surface area contributed by atoms with E-state index in [1.807, 2.05) is 19.9 Å². The highest BCUT2D eigenvalue weighted by molar-refractivity contribution is 5.92. The first-order valence-corrected chi connectivity index (χ1v) is 6.42. The van der Waals surface area contributed by atoms with Crippen LogP contribution in [-0.4, -0.2) is 28.2 Å². The number of nitrogens with one attached hydrogen (secondary N) is 2. The summed E-state index contributed by atoms with van der Waals surface area (Å²) in [7, 11) is 1.56. The van der Waals surface area contributed by atoms with Gasteiger partial charge in [-0.15, -0.1) is 0 Å². The van der Waals surface area contributed by atoms with Crippen molar-refractivity contribution in [2.24, 2.45) is 0 Å². The minimum Gasteiger partial charge on any atom is -0.481 e. The van der Waals surface area contributed by atoms with Crippen molar-refractivity contribution < 1.29 is 9.53 Å². The van der Waals surface area contributed by atoms with Gasteiger partial charge in [0.25, 0.3) is 5.91 Å². The number of carbonyl (C=O) groups is 1. The van der Waals surface area contributed by atoms with E-state index in [0.29, 0.717) is 24.0 Å². The van der Waals surface area contributed by atoms with Gasteiger partial charge in [0.05, 0.1) is 7.11 Å². The number of hydrogen-bond acceptors (Lipinski definition) is 4. The topological polar surface area (TPSA) is 79.9 Å². The molecule has 0 aromatic carbocycles. The van der Waals surface area contributed by atoms with E-state index < -0.39 is 0 Å². The number of rotatable bonds is 5. The van der Waals surface area contributed by atoms with Crippen LogP contribution in [0.25, 0.3) is 0 Å². The predicted molar refractivity (Wildman–Crippen MR) is 74.6 cm³/mol. The average Bonchev–Trinajstić information content (AvgIpc) is 2.95. The van der Waals surface area contributed by atoms with Crippen molar-refractivity contribution in [3.05, 3.63) is 41.3 Å². The lowest BCUT2D eigenvalue weighted by Gasteiger charge is -2.04. The molecule has 6 nitrogen and oxygen atoms in total. The van der Waals surface area contributed by atoms with Gasteiger partial charge in [-0.05, 0) is 17.5 Å². The second-order valence-corrected chi connectivity index (χ2v) is 4.75. The zero-order valence-electron chi connectivity index (χ0n) is 11.8. The molecule has 106 valence electrons. The van der Waals surface area contributed by atoms with Crippen molar-refractivity contribution in [2.75, 3.05) is 7.11 Å². The number of aromatic amines is 1. The zero-order chi connectivity index (χ0) is 14.5. The van der Waals surface area contributed by atoms with Gasteiger partial charge in [0.1, 0.15) is 5.69 Å². The smallest absolute Gasteiger partial charge is 0.272 e. The minimum absolute atomic E-state index is 0.205. The number of aromatic nitrogens is 3. The molecular formula is C14H18N4O2. The summed E-state index contributed by atoms with van der Waals surface area (Å²) in [5, 5.41) is 9.67. The SMILES string of the molecule is COc1ccc(CNC(=O)c2cc(C(C)C)[nH]n2)cn1. The number of hydrogen-bond donors (Lipinski definition) is 2. The summed E-state index contributed by atoms with van der Waals surface area (Å²) in [4.78, 5) is 16.0. The van der Waals surface area contributed by atoms with Crippen LogP contribution < -0.4 is 10.1 Å². The first-order chi connectivity index (χ1) is 9.60. The molecule has 2 heterocycles. The third-order valence-electron chi connectivity index (χ3n) is 2.91. The van der Waals surface area contributed by atoms with Crippen LogP contribution in [0, 0.1) is 0 Å². The van der Waals surface area contributed by atoms with Gasteiger partial charge in [0.15, 0.2) is 0 Å². The van der Waals surface area contributed by atoms with Gasteiger partial charge >= 0.3 is 0 Å². The lowest BCUT2D eigenvalue weighted by Crippen LogP contribution is -2.23. The molecule has 0 aliphatic heterocycles. The fraction of sp³-hybridized carbons (Fsp3) is 0.357. The molecule has 0 bridgehead atoms. The summed E-state index contributed by atoms with van der Waals surface area (Å²) in [6.45, 7) is 4.48. The number of methoxy groups -OCH3 is 1. The highest BCUT2D eigenvalue weighted by Crippen LogP contribution is 2.12. The van der Waals surface area contributed by atoms with Crippen molar-refractivity contribution >= 4 is 5.91 Å². The first-order valence-electron chi connectivity index (χ1n) is 6.42. The van der Waals surface area contributed by atoms with Crippen LogP contribution in [0.1, 0.15) is 41.5 Å². The molecular weight excluding hydrogens is 256 g/mol. The van der Waals surface area contributed by atoms with Crippen LogP contribution in [0.4, 0.5) is 0 Å². The van der Waals surface area contributed by atoms with Crippen LogP contribution in [0.15, 0.2) is 24.4 Å². The Bertz CT molecular complexity index is 575. The van der Waals surface area contributed by atoms with E-state index in [1.54, 1.807) is 25.4 Å².